The van der Waals surface area contributed by atoms with E-state index in [2.05, 4.69) is 45.3 Å². The number of ether oxygens (including phenoxy) is 1. The summed E-state index contributed by atoms with van der Waals surface area (Å²) in [6.45, 7) is 14.5. The van der Waals surface area contributed by atoms with E-state index in [0.29, 0.717) is 17.6 Å². The zero-order valence-corrected chi connectivity index (χ0v) is 33.8. The summed E-state index contributed by atoms with van der Waals surface area (Å²) in [7, 11) is 0. The van der Waals surface area contributed by atoms with Crippen molar-refractivity contribution in [1.82, 2.24) is 10.6 Å². The van der Waals surface area contributed by atoms with Crippen LogP contribution in [0.4, 0.5) is 0 Å². The number of piperidine rings is 1. The molecule has 1 saturated carbocycles. The summed E-state index contributed by atoms with van der Waals surface area (Å²) in [5.74, 6) is -1.48. The highest BCUT2D eigenvalue weighted by molar-refractivity contribution is 5.66. The molecule has 1 aliphatic heterocycles. The molecule has 0 aromatic carbocycles. The van der Waals surface area contributed by atoms with Gasteiger partial charge in [-0.1, -0.05) is 150 Å². The van der Waals surface area contributed by atoms with Gasteiger partial charge in [-0.3, -0.25) is 14.9 Å². The van der Waals surface area contributed by atoms with Crippen LogP contribution in [0.5, 0.6) is 0 Å². The van der Waals surface area contributed by atoms with E-state index in [4.69, 9.17) is 14.9 Å². The van der Waals surface area contributed by atoms with E-state index in [1.807, 2.05) is 0 Å². The minimum absolute atomic E-state index is 0.176. The van der Waals surface area contributed by atoms with Crippen LogP contribution < -0.4 is 10.6 Å². The number of carboxylic acids is 2. The van der Waals surface area contributed by atoms with Crippen LogP contribution in [0.1, 0.15) is 221 Å². The monoisotopic (exact) mass is 709 g/mol. The molecule has 1 unspecified atom stereocenters. The van der Waals surface area contributed by atoms with E-state index in [1.54, 1.807) is 0 Å². The highest BCUT2D eigenvalue weighted by atomic mass is 16.5. The van der Waals surface area contributed by atoms with Crippen molar-refractivity contribution in [2.45, 2.75) is 239 Å². The lowest BCUT2D eigenvalue weighted by Gasteiger charge is -2.41. The van der Waals surface area contributed by atoms with Crippen molar-refractivity contribution >= 4 is 11.9 Å². The Bertz CT molecular complexity index is 780. The molecular weight excluding hydrogens is 624 g/mol. The molecule has 0 bridgehead atoms. The fraction of sp³-hybridized carbons (Fsp3) is 0.953. The first-order valence-electron chi connectivity index (χ1n) is 21.5. The molecular formula is C43H84N2O5. The normalized spacial score (nSPS) is 16.9. The molecule has 0 amide bonds. The van der Waals surface area contributed by atoms with Crippen LogP contribution in [-0.2, 0) is 14.3 Å². The van der Waals surface area contributed by atoms with Gasteiger partial charge in [0, 0.05) is 24.3 Å². The maximum atomic E-state index is 10.1. The molecule has 1 saturated heterocycles. The Balaban J connectivity index is 0.000000751. The molecule has 1 heterocycles. The topological polar surface area (TPSA) is 108 Å². The number of hydrogen-bond acceptors (Lipinski definition) is 5. The van der Waals surface area contributed by atoms with Crippen LogP contribution in [0.25, 0.3) is 0 Å². The molecule has 2 fully saturated rings. The molecule has 0 spiro atoms. The van der Waals surface area contributed by atoms with E-state index in [1.165, 1.54) is 135 Å². The SMILES string of the molecule is CCCCCCCCCCCCC(C)(C)CCCC(C)(C)C(NC1CCNCC1)OC1CCCCC1.O=C(O)CCCCCCCCC(=O)O. The quantitative estimate of drug-likeness (QED) is 0.0452. The van der Waals surface area contributed by atoms with Gasteiger partial charge in [-0.15, -0.1) is 0 Å². The summed E-state index contributed by atoms with van der Waals surface area (Å²) in [4.78, 5) is 20.3. The first-order chi connectivity index (χ1) is 23.9. The summed E-state index contributed by atoms with van der Waals surface area (Å²) < 4.78 is 6.85. The molecule has 0 radical (unpaired) electrons. The Morgan fingerprint density at radius 1 is 0.640 bits per heavy atom. The third-order valence-corrected chi connectivity index (χ3v) is 11.2. The fourth-order valence-electron chi connectivity index (χ4n) is 7.67. The smallest absolute Gasteiger partial charge is 0.303 e. The van der Waals surface area contributed by atoms with Gasteiger partial charge in [0.15, 0.2) is 0 Å². The number of hydrogen-bond donors (Lipinski definition) is 4. The molecule has 0 aromatic rings. The number of carbonyl (C=O) groups is 2. The summed E-state index contributed by atoms with van der Waals surface area (Å²) in [5.41, 5.74) is 0.647. The molecule has 1 atom stereocenters. The second-order valence-corrected chi connectivity index (χ2v) is 17.3. The van der Waals surface area contributed by atoms with Crippen molar-refractivity contribution in [3.8, 4) is 0 Å². The standard InChI is InChI=1S/C33H66N2O.C10H18O4/c1-6-7-8-9-10-11-12-13-14-18-24-32(2,3)25-19-26-33(4,5)31(35-29-22-27-34-28-23-29)36-30-20-16-15-17-21-30;11-9(12)7-5-3-1-2-4-6-8-10(13)14/h29-31,34-35H,6-28H2,1-5H3;1-8H2,(H,11,12)(H,13,14). The van der Waals surface area contributed by atoms with Gasteiger partial charge in [-0.2, -0.15) is 0 Å². The van der Waals surface area contributed by atoms with Crippen LogP contribution in [0.15, 0.2) is 0 Å². The van der Waals surface area contributed by atoms with Crippen LogP contribution >= 0.6 is 0 Å². The van der Waals surface area contributed by atoms with Gasteiger partial charge in [-0.05, 0) is 76.3 Å². The Kier molecular flexibility index (Phi) is 27.4. The van der Waals surface area contributed by atoms with E-state index < -0.39 is 11.9 Å². The second kappa shape index (κ2) is 29.3. The molecule has 4 N–H and O–H groups in total. The predicted molar refractivity (Wildman–Crippen MR) is 211 cm³/mol. The van der Waals surface area contributed by atoms with E-state index in [-0.39, 0.29) is 24.5 Å². The zero-order valence-electron chi connectivity index (χ0n) is 33.8. The van der Waals surface area contributed by atoms with Gasteiger partial charge in [0.25, 0.3) is 0 Å². The number of rotatable bonds is 29. The Morgan fingerprint density at radius 2 is 1.10 bits per heavy atom. The van der Waals surface area contributed by atoms with Gasteiger partial charge in [0.2, 0.25) is 0 Å². The first kappa shape index (κ1) is 46.8. The molecule has 1 aliphatic carbocycles. The van der Waals surface area contributed by atoms with E-state index >= 15 is 0 Å². The average molecular weight is 709 g/mol. The summed E-state index contributed by atoms with van der Waals surface area (Å²) in [6.07, 6.45) is 35.2. The fourth-order valence-corrected chi connectivity index (χ4v) is 7.67. The van der Waals surface area contributed by atoms with Crippen molar-refractivity contribution in [3.63, 3.8) is 0 Å². The molecule has 7 nitrogen and oxygen atoms in total. The van der Waals surface area contributed by atoms with Gasteiger partial charge < -0.3 is 20.3 Å². The second-order valence-electron chi connectivity index (χ2n) is 17.3. The van der Waals surface area contributed by atoms with Crippen LogP contribution in [0, 0.1) is 10.8 Å². The maximum absolute atomic E-state index is 10.1. The lowest BCUT2D eigenvalue weighted by molar-refractivity contribution is -0.138. The third-order valence-electron chi connectivity index (χ3n) is 11.2. The van der Waals surface area contributed by atoms with Gasteiger partial charge in [0.05, 0.1) is 6.10 Å². The molecule has 296 valence electrons. The van der Waals surface area contributed by atoms with Crippen LogP contribution in [0.3, 0.4) is 0 Å². The predicted octanol–water partition coefficient (Wildman–Crippen LogP) is 11.8. The number of unbranched alkanes of at least 4 members (excludes halogenated alkanes) is 14. The highest BCUT2D eigenvalue weighted by Gasteiger charge is 2.35. The summed E-state index contributed by atoms with van der Waals surface area (Å²) in [6, 6.07) is 0.604. The average Bonchev–Trinajstić information content (AvgIpc) is 3.07. The van der Waals surface area contributed by atoms with Crippen molar-refractivity contribution in [1.29, 1.82) is 0 Å². The van der Waals surface area contributed by atoms with Crippen molar-refractivity contribution in [3.05, 3.63) is 0 Å². The highest BCUT2D eigenvalue weighted by Crippen LogP contribution is 2.36. The molecule has 2 rings (SSSR count). The summed E-state index contributed by atoms with van der Waals surface area (Å²) in [5, 5.41) is 24.2. The van der Waals surface area contributed by atoms with Gasteiger partial charge >= 0.3 is 11.9 Å². The minimum atomic E-state index is -0.740. The Morgan fingerprint density at radius 3 is 1.60 bits per heavy atom. The molecule has 0 aromatic heterocycles. The van der Waals surface area contributed by atoms with Crippen molar-refractivity contribution in [2.24, 2.45) is 10.8 Å². The van der Waals surface area contributed by atoms with Crippen LogP contribution in [0.2, 0.25) is 0 Å². The molecule has 2 aliphatic rings. The lowest BCUT2D eigenvalue weighted by atomic mass is 9.78. The Labute approximate surface area is 309 Å². The van der Waals surface area contributed by atoms with Gasteiger partial charge in [0.1, 0.15) is 6.23 Å². The van der Waals surface area contributed by atoms with Crippen molar-refractivity contribution in [2.75, 3.05) is 13.1 Å². The largest absolute Gasteiger partial charge is 0.481 e. The number of aliphatic carboxylic acids is 2. The number of nitrogens with one attached hydrogen (secondary N) is 2. The zero-order chi connectivity index (χ0) is 36.9. The lowest BCUT2D eigenvalue weighted by Crippen LogP contribution is -2.52. The van der Waals surface area contributed by atoms with E-state index in [9.17, 15) is 9.59 Å². The van der Waals surface area contributed by atoms with Crippen LogP contribution in [-0.4, -0.2) is 53.6 Å². The van der Waals surface area contributed by atoms with Gasteiger partial charge in [-0.25, -0.2) is 0 Å². The number of carboxylic acid groups (broad SMARTS) is 2. The van der Waals surface area contributed by atoms with Crippen molar-refractivity contribution < 1.29 is 24.5 Å². The third kappa shape index (κ3) is 26.6. The van der Waals surface area contributed by atoms with E-state index in [0.717, 1.165) is 51.6 Å². The molecule has 7 heteroatoms. The first-order valence-corrected chi connectivity index (χ1v) is 21.5. The Hall–Kier alpha value is -1.18. The minimum Gasteiger partial charge on any atom is -0.481 e. The molecule has 50 heavy (non-hydrogen) atoms. The summed E-state index contributed by atoms with van der Waals surface area (Å²) >= 11 is 0. The maximum Gasteiger partial charge on any atom is 0.303 e.